The van der Waals surface area contributed by atoms with Crippen molar-refractivity contribution in [1.82, 2.24) is 14.9 Å². The number of H-pyrrole nitrogens is 1. The molecule has 0 bridgehead atoms. The first kappa shape index (κ1) is 29.3. The third-order valence-corrected chi connectivity index (χ3v) is 11.6. The number of hydrogen-bond acceptors (Lipinski definition) is 8. The minimum absolute atomic E-state index is 0.0455. The van der Waals surface area contributed by atoms with E-state index >= 15 is 0 Å². The van der Waals surface area contributed by atoms with Crippen molar-refractivity contribution in [2.75, 3.05) is 13.1 Å². The van der Waals surface area contributed by atoms with Crippen LogP contribution in [-0.2, 0) is 20.5 Å². The van der Waals surface area contributed by atoms with Crippen LogP contribution in [0.4, 0.5) is 4.79 Å². The minimum Gasteiger partial charge on any atom is -0.445 e. The molecule has 1 aliphatic heterocycles. The van der Waals surface area contributed by atoms with Gasteiger partial charge >= 0.3 is 11.8 Å². The molecule has 1 saturated heterocycles. The van der Waals surface area contributed by atoms with Crippen LogP contribution in [0.2, 0.25) is 18.1 Å². The first-order valence-electron chi connectivity index (χ1n) is 12.5. The van der Waals surface area contributed by atoms with Crippen LogP contribution in [0, 0.1) is 16.0 Å². The molecular formula is C25H36N4O8Si. The van der Waals surface area contributed by atoms with Gasteiger partial charge in [-0.15, -0.1) is 0 Å². The molecule has 4 atom stereocenters. The van der Waals surface area contributed by atoms with E-state index in [4.69, 9.17) is 13.9 Å². The second-order valence-electron chi connectivity index (χ2n) is 10.9. The molecule has 1 aliphatic rings. The number of hydrogen-bond donors (Lipinski definition) is 2. The van der Waals surface area contributed by atoms with Crippen LogP contribution in [0.1, 0.15) is 39.0 Å². The summed E-state index contributed by atoms with van der Waals surface area (Å²) >= 11 is 0. The maximum Gasteiger partial charge on any atom is 0.407 e. The number of rotatable bonds is 10. The van der Waals surface area contributed by atoms with Crippen molar-refractivity contribution in [2.45, 2.75) is 70.4 Å². The average molecular weight is 549 g/mol. The molecule has 2 aromatic rings. The molecule has 12 nitrogen and oxygen atoms in total. The van der Waals surface area contributed by atoms with Crippen LogP contribution < -0.4 is 16.6 Å². The molecule has 3 rings (SSSR count). The van der Waals surface area contributed by atoms with Gasteiger partial charge in [-0.25, -0.2) is 9.59 Å². The summed E-state index contributed by atoms with van der Waals surface area (Å²) in [6, 6.07) is 10.4. The molecule has 1 amide bonds. The van der Waals surface area contributed by atoms with Gasteiger partial charge in [0.2, 0.25) is 6.54 Å². The number of carbonyl (C=O) groups excluding carboxylic acids is 1. The van der Waals surface area contributed by atoms with Crippen molar-refractivity contribution in [3.05, 3.63) is 79.1 Å². The zero-order chi connectivity index (χ0) is 28.1. The number of carbonyl (C=O) groups is 1. The number of aromatic amines is 1. The quantitative estimate of drug-likeness (QED) is 0.261. The summed E-state index contributed by atoms with van der Waals surface area (Å²) in [6.07, 6.45) is -1.68. The summed E-state index contributed by atoms with van der Waals surface area (Å²) in [5, 5.41) is 13.7. The Balaban J connectivity index is 1.89. The van der Waals surface area contributed by atoms with Crippen molar-refractivity contribution in [2.24, 2.45) is 5.92 Å². The van der Waals surface area contributed by atoms with Crippen molar-refractivity contribution in [1.29, 1.82) is 0 Å². The number of nitrogens with zero attached hydrogens (tertiary/aromatic N) is 2. The van der Waals surface area contributed by atoms with E-state index in [2.05, 4.69) is 31.1 Å². The third kappa shape index (κ3) is 7.39. The highest BCUT2D eigenvalue weighted by atomic mass is 28.4. The predicted molar refractivity (Wildman–Crippen MR) is 142 cm³/mol. The van der Waals surface area contributed by atoms with Gasteiger partial charge < -0.3 is 19.2 Å². The highest BCUT2D eigenvalue weighted by molar-refractivity contribution is 6.74. The molecule has 2 N–H and O–H groups in total. The number of amides is 1. The Kier molecular flexibility index (Phi) is 9.28. The van der Waals surface area contributed by atoms with Crippen molar-refractivity contribution >= 4 is 14.4 Å². The van der Waals surface area contributed by atoms with E-state index in [0.29, 0.717) is 0 Å². The topological polar surface area (TPSA) is 155 Å². The molecule has 0 spiro atoms. The van der Waals surface area contributed by atoms with E-state index in [1.807, 2.05) is 43.4 Å². The first-order chi connectivity index (χ1) is 17.8. The van der Waals surface area contributed by atoms with E-state index in [9.17, 15) is 24.5 Å². The van der Waals surface area contributed by atoms with Gasteiger partial charge in [-0.1, -0.05) is 51.1 Å². The Morgan fingerprint density at radius 3 is 2.50 bits per heavy atom. The predicted octanol–water partition coefficient (Wildman–Crippen LogP) is 3.03. The van der Waals surface area contributed by atoms with Gasteiger partial charge in [-0.2, -0.15) is 0 Å². The summed E-state index contributed by atoms with van der Waals surface area (Å²) in [5.74, 6) is -0.530. The highest BCUT2D eigenvalue weighted by Crippen LogP contribution is 2.44. The number of ether oxygens (including phenoxy) is 2. The van der Waals surface area contributed by atoms with Gasteiger partial charge in [0, 0.05) is 36.1 Å². The summed E-state index contributed by atoms with van der Waals surface area (Å²) in [6.45, 7) is 10.0. The Bertz CT molecular complexity index is 1220. The lowest BCUT2D eigenvalue weighted by Gasteiger charge is -2.40. The van der Waals surface area contributed by atoms with Crippen molar-refractivity contribution < 1.29 is 23.6 Å². The van der Waals surface area contributed by atoms with E-state index in [0.717, 1.165) is 5.56 Å². The molecule has 0 aliphatic carbocycles. The molecule has 0 radical (unpaired) electrons. The first-order valence-corrected chi connectivity index (χ1v) is 15.4. The van der Waals surface area contributed by atoms with E-state index in [1.165, 1.54) is 16.8 Å². The molecule has 13 heteroatoms. The van der Waals surface area contributed by atoms with Gasteiger partial charge in [0.15, 0.2) is 14.5 Å². The fourth-order valence-electron chi connectivity index (χ4n) is 4.03. The fraction of sp³-hybridized carbons (Fsp3) is 0.560. The Morgan fingerprint density at radius 2 is 1.89 bits per heavy atom. The zero-order valence-corrected chi connectivity index (χ0v) is 23.3. The smallest absolute Gasteiger partial charge is 0.407 e. The van der Waals surface area contributed by atoms with Crippen LogP contribution >= 0.6 is 0 Å². The summed E-state index contributed by atoms with van der Waals surface area (Å²) in [4.78, 5) is 49.8. The lowest BCUT2D eigenvalue weighted by atomic mass is 9.95. The Labute approximate surface area is 221 Å². The van der Waals surface area contributed by atoms with E-state index in [-0.39, 0.29) is 31.2 Å². The van der Waals surface area contributed by atoms with Crippen LogP contribution in [0.3, 0.4) is 0 Å². The summed E-state index contributed by atoms with van der Waals surface area (Å²) < 4.78 is 19.5. The number of alkyl carbamates (subject to hydrolysis) is 1. The molecule has 1 aromatic carbocycles. The van der Waals surface area contributed by atoms with Gasteiger partial charge in [0.1, 0.15) is 6.61 Å². The van der Waals surface area contributed by atoms with Crippen LogP contribution in [0.15, 0.2) is 52.2 Å². The van der Waals surface area contributed by atoms with E-state index in [1.54, 1.807) is 0 Å². The van der Waals surface area contributed by atoms with Crippen LogP contribution in [0.5, 0.6) is 0 Å². The molecule has 0 unspecified atom stereocenters. The van der Waals surface area contributed by atoms with Gasteiger partial charge in [0.25, 0.3) is 5.56 Å². The Hall–Kier alpha value is -3.29. The monoisotopic (exact) mass is 548 g/mol. The zero-order valence-electron chi connectivity index (χ0n) is 22.3. The van der Waals surface area contributed by atoms with Crippen molar-refractivity contribution in [3.8, 4) is 0 Å². The van der Waals surface area contributed by atoms with Gasteiger partial charge in [-0.05, 0) is 23.7 Å². The maximum atomic E-state index is 12.7. The number of nitro groups is 1. The summed E-state index contributed by atoms with van der Waals surface area (Å²) in [5.41, 5.74) is -0.419. The molecule has 0 saturated carbocycles. The number of aromatic nitrogens is 2. The average Bonchev–Trinajstić information content (AvgIpc) is 3.16. The second-order valence-corrected chi connectivity index (χ2v) is 15.6. The molecule has 2 heterocycles. The Morgan fingerprint density at radius 1 is 1.21 bits per heavy atom. The third-order valence-electron chi connectivity index (χ3n) is 7.15. The molecule has 38 heavy (non-hydrogen) atoms. The molecule has 1 fully saturated rings. The summed E-state index contributed by atoms with van der Waals surface area (Å²) in [7, 11) is -2.45. The van der Waals surface area contributed by atoms with E-state index < -0.39 is 54.9 Å². The minimum atomic E-state index is -2.45. The lowest BCUT2D eigenvalue weighted by molar-refractivity contribution is -0.482. The molecular weight excluding hydrogens is 512 g/mol. The number of benzene rings is 1. The van der Waals surface area contributed by atoms with Crippen LogP contribution in [0.25, 0.3) is 0 Å². The highest BCUT2D eigenvalue weighted by Gasteiger charge is 2.51. The van der Waals surface area contributed by atoms with Crippen LogP contribution in [-0.4, -0.2) is 54.2 Å². The second kappa shape index (κ2) is 12.0. The fourth-order valence-corrected chi connectivity index (χ4v) is 5.36. The molecule has 1 aromatic heterocycles. The van der Waals surface area contributed by atoms with Crippen molar-refractivity contribution in [3.63, 3.8) is 0 Å². The maximum absolute atomic E-state index is 12.7. The lowest BCUT2D eigenvalue weighted by Crippen LogP contribution is -2.50. The normalized spacial score (nSPS) is 21.7. The number of nitrogens with one attached hydrogen (secondary N) is 2. The van der Waals surface area contributed by atoms with Gasteiger partial charge in [0.05, 0.1) is 12.2 Å². The standard InChI is InChI=1S/C25H36N4O8Si/c1-25(2,3)38(4,5)37-21-18(15-26-24(32)35-16-17-9-7-6-8-10-17)19(11-14-29(33)34)36-22(21)28-13-12-20(30)27-23(28)31/h6-10,12-13,18-19,21-22H,11,14-16H2,1-5H3,(H,26,32)(H,27,30,31)/t18-,19-,21-,22-/m1/s1. The largest absolute Gasteiger partial charge is 0.445 e. The SMILES string of the molecule is CC(C)(C)[Si](C)(C)O[C@@H]1[C@H](CNC(=O)OCc2ccccc2)[C@@H](CC[N+](=O)[O-])O[C@H]1n1ccc(=O)[nH]c1=O. The molecule has 208 valence electrons. The van der Waals surface area contributed by atoms with Gasteiger partial charge in [-0.3, -0.25) is 24.5 Å².